The van der Waals surface area contributed by atoms with Gasteiger partial charge in [-0.15, -0.1) is 11.3 Å². The predicted molar refractivity (Wildman–Crippen MR) is 163 cm³/mol. The van der Waals surface area contributed by atoms with Crippen molar-refractivity contribution < 1.29 is 14.3 Å². The minimum absolute atomic E-state index is 0.00938. The Morgan fingerprint density at radius 3 is 2.51 bits per heavy atom. The number of rotatable bonds is 6. The molecule has 2 aromatic carbocycles. The van der Waals surface area contributed by atoms with Crippen molar-refractivity contribution in [3.05, 3.63) is 100 Å². The van der Waals surface area contributed by atoms with Gasteiger partial charge in [0.1, 0.15) is 12.3 Å². The number of carbonyl (C=O) groups excluding carboxylic acids is 2. The Bertz CT molecular complexity index is 1440. The molecular formula is C33H36N4O3S. The van der Waals surface area contributed by atoms with Gasteiger partial charge in [-0.1, -0.05) is 61.7 Å². The molecule has 2 amide bonds. The maximum atomic E-state index is 13.9. The third kappa shape index (κ3) is 7.45. The number of carbonyl (C=O) groups is 2. The van der Waals surface area contributed by atoms with Crippen LogP contribution in [0.15, 0.2) is 78.4 Å². The van der Waals surface area contributed by atoms with Crippen LogP contribution in [0.3, 0.4) is 0 Å². The van der Waals surface area contributed by atoms with E-state index < -0.39 is 0 Å². The van der Waals surface area contributed by atoms with Crippen molar-refractivity contribution in [1.82, 2.24) is 14.9 Å². The van der Waals surface area contributed by atoms with Crippen LogP contribution in [0.1, 0.15) is 58.7 Å². The fourth-order valence-electron chi connectivity index (χ4n) is 5.25. The van der Waals surface area contributed by atoms with E-state index in [1.807, 2.05) is 63.8 Å². The lowest BCUT2D eigenvalue weighted by Crippen LogP contribution is -2.37. The van der Waals surface area contributed by atoms with Gasteiger partial charge in [-0.2, -0.15) is 0 Å². The molecule has 0 unspecified atom stereocenters. The second-order valence-corrected chi connectivity index (χ2v) is 11.3. The molecule has 0 fully saturated rings. The van der Waals surface area contributed by atoms with Crippen LogP contribution in [0.25, 0.3) is 11.1 Å². The molecule has 8 heteroatoms. The standard InChI is InChI=1S/C33H36N4O3S/c1-40-23-32(38)37-18-9-4-2-3-8-17-36(22-28-20-26(14-15-30(28)37)27-13-10-16-34-21-27)33(39)29-24-41-31(35-29)19-25-11-6-5-7-12-25/h5-7,10-16,20-21,24H,2-4,8-9,17-19,22-23H2,1H3. The quantitative estimate of drug-likeness (QED) is 0.270. The van der Waals surface area contributed by atoms with Gasteiger partial charge >= 0.3 is 0 Å². The highest BCUT2D eigenvalue weighted by molar-refractivity contribution is 7.09. The summed E-state index contributed by atoms with van der Waals surface area (Å²) in [6.07, 6.45) is 9.27. The van der Waals surface area contributed by atoms with Gasteiger partial charge in [0.05, 0.1) is 5.01 Å². The van der Waals surface area contributed by atoms with Crippen LogP contribution in [0, 0.1) is 0 Å². The average molecular weight is 569 g/mol. The number of aromatic nitrogens is 2. The van der Waals surface area contributed by atoms with Crippen molar-refractivity contribution >= 4 is 28.8 Å². The number of anilines is 1. The molecule has 0 saturated heterocycles. The molecule has 0 N–H and O–H groups in total. The molecule has 4 aromatic rings. The smallest absolute Gasteiger partial charge is 0.273 e. The summed E-state index contributed by atoms with van der Waals surface area (Å²) in [6, 6.07) is 20.2. The van der Waals surface area contributed by atoms with Crippen LogP contribution in [0.5, 0.6) is 0 Å². The summed E-state index contributed by atoms with van der Waals surface area (Å²) in [5.41, 5.74) is 5.37. The van der Waals surface area contributed by atoms with Gasteiger partial charge in [0.15, 0.2) is 0 Å². The summed E-state index contributed by atoms with van der Waals surface area (Å²) in [7, 11) is 1.54. The van der Waals surface area contributed by atoms with Crippen LogP contribution in [0.4, 0.5) is 5.69 Å². The third-order valence-electron chi connectivity index (χ3n) is 7.36. The molecule has 212 valence electrons. The summed E-state index contributed by atoms with van der Waals surface area (Å²) < 4.78 is 5.23. The first-order valence-corrected chi connectivity index (χ1v) is 15.1. The number of benzene rings is 2. The summed E-state index contributed by atoms with van der Waals surface area (Å²) >= 11 is 1.52. The zero-order valence-corrected chi connectivity index (χ0v) is 24.3. The molecule has 1 aliphatic rings. The second-order valence-electron chi connectivity index (χ2n) is 10.3. The van der Waals surface area contributed by atoms with E-state index in [1.54, 1.807) is 13.3 Å². The van der Waals surface area contributed by atoms with E-state index in [1.165, 1.54) is 16.9 Å². The molecule has 5 rings (SSSR count). The number of hydrogen-bond donors (Lipinski definition) is 0. The molecule has 41 heavy (non-hydrogen) atoms. The zero-order valence-electron chi connectivity index (χ0n) is 23.5. The van der Waals surface area contributed by atoms with E-state index in [9.17, 15) is 9.59 Å². The fraction of sp³-hybridized carbons (Fsp3) is 0.333. The lowest BCUT2D eigenvalue weighted by atomic mass is 10.0. The summed E-state index contributed by atoms with van der Waals surface area (Å²) in [5.74, 6) is -0.159. The number of hydrogen-bond acceptors (Lipinski definition) is 6. The SMILES string of the molecule is COCC(=O)N1CCCCCCCN(C(=O)c2csc(Cc3ccccc3)n2)Cc2cc(-c3cccnc3)ccc21. The number of thiazole rings is 1. The Morgan fingerprint density at radius 1 is 0.927 bits per heavy atom. The topological polar surface area (TPSA) is 75.6 Å². The van der Waals surface area contributed by atoms with E-state index in [0.29, 0.717) is 31.7 Å². The van der Waals surface area contributed by atoms with Gasteiger partial charge in [-0.3, -0.25) is 14.6 Å². The normalized spacial score (nSPS) is 14.6. The predicted octanol–water partition coefficient (Wildman–Crippen LogP) is 6.38. The zero-order chi connectivity index (χ0) is 28.4. The number of amides is 2. The van der Waals surface area contributed by atoms with E-state index >= 15 is 0 Å². The molecule has 7 nitrogen and oxygen atoms in total. The molecule has 2 aromatic heterocycles. The lowest BCUT2D eigenvalue weighted by Gasteiger charge is -2.29. The molecule has 0 atom stereocenters. The van der Waals surface area contributed by atoms with Crippen molar-refractivity contribution in [1.29, 1.82) is 0 Å². The van der Waals surface area contributed by atoms with Gasteiger partial charge in [0.2, 0.25) is 0 Å². The van der Waals surface area contributed by atoms with E-state index in [-0.39, 0.29) is 18.4 Å². The minimum Gasteiger partial charge on any atom is -0.375 e. The van der Waals surface area contributed by atoms with Gasteiger partial charge in [0, 0.05) is 56.6 Å². The van der Waals surface area contributed by atoms with E-state index in [4.69, 9.17) is 9.72 Å². The van der Waals surface area contributed by atoms with Gasteiger partial charge in [-0.25, -0.2) is 4.98 Å². The molecule has 1 aliphatic heterocycles. The van der Waals surface area contributed by atoms with Crippen molar-refractivity contribution in [2.75, 3.05) is 31.7 Å². The van der Waals surface area contributed by atoms with Gasteiger partial charge in [-0.05, 0) is 53.3 Å². The molecular weight excluding hydrogens is 532 g/mol. The number of pyridine rings is 1. The molecule has 0 saturated carbocycles. The minimum atomic E-state index is -0.0807. The largest absolute Gasteiger partial charge is 0.375 e. The van der Waals surface area contributed by atoms with Crippen LogP contribution >= 0.6 is 11.3 Å². The molecule has 3 heterocycles. The van der Waals surface area contributed by atoms with Crippen LogP contribution in [0.2, 0.25) is 0 Å². The number of ether oxygens (including phenoxy) is 1. The molecule has 0 bridgehead atoms. The molecule has 0 radical (unpaired) electrons. The summed E-state index contributed by atoms with van der Waals surface area (Å²) in [4.78, 5) is 39.9. The Labute approximate surface area is 245 Å². The van der Waals surface area contributed by atoms with Crippen LogP contribution < -0.4 is 4.90 Å². The Hall–Kier alpha value is -3.88. The first-order chi connectivity index (χ1) is 20.1. The van der Waals surface area contributed by atoms with Crippen LogP contribution in [-0.2, 0) is 22.5 Å². The fourth-order valence-corrected chi connectivity index (χ4v) is 6.06. The maximum absolute atomic E-state index is 13.9. The Morgan fingerprint density at radius 2 is 1.73 bits per heavy atom. The highest BCUT2D eigenvalue weighted by atomic mass is 32.1. The number of fused-ring (bicyclic) bond motifs is 1. The number of nitrogens with zero attached hydrogens (tertiary/aromatic N) is 4. The van der Waals surface area contributed by atoms with Gasteiger partial charge in [0.25, 0.3) is 11.8 Å². The highest BCUT2D eigenvalue weighted by Gasteiger charge is 2.24. The molecule has 0 spiro atoms. The maximum Gasteiger partial charge on any atom is 0.273 e. The Balaban J connectivity index is 1.49. The van der Waals surface area contributed by atoms with Crippen molar-refractivity contribution in [2.45, 2.75) is 45.1 Å². The monoisotopic (exact) mass is 568 g/mol. The highest BCUT2D eigenvalue weighted by Crippen LogP contribution is 2.30. The van der Waals surface area contributed by atoms with E-state index in [2.05, 4.69) is 23.2 Å². The second kappa shape index (κ2) is 14.1. The van der Waals surface area contributed by atoms with Crippen molar-refractivity contribution in [3.63, 3.8) is 0 Å². The number of methoxy groups -OCH3 is 1. The molecule has 0 aliphatic carbocycles. The van der Waals surface area contributed by atoms with Crippen molar-refractivity contribution in [3.8, 4) is 11.1 Å². The summed E-state index contributed by atoms with van der Waals surface area (Å²) in [5, 5.41) is 2.79. The summed E-state index contributed by atoms with van der Waals surface area (Å²) in [6.45, 7) is 1.64. The first kappa shape index (κ1) is 28.6. The first-order valence-electron chi connectivity index (χ1n) is 14.2. The van der Waals surface area contributed by atoms with Crippen LogP contribution in [-0.4, -0.2) is 53.5 Å². The van der Waals surface area contributed by atoms with Crippen molar-refractivity contribution in [2.24, 2.45) is 0 Å². The Kier molecular flexibility index (Phi) is 9.88. The average Bonchev–Trinajstić information content (AvgIpc) is 3.46. The lowest BCUT2D eigenvalue weighted by molar-refractivity contribution is -0.122. The third-order valence-corrected chi connectivity index (χ3v) is 8.21. The van der Waals surface area contributed by atoms with Gasteiger partial charge < -0.3 is 14.5 Å². The van der Waals surface area contributed by atoms with E-state index in [0.717, 1.165) is 59.5 Å².